The summed E-state index contributed by atoms with van der Waals surface area (Å²) in [6.45, 7) is 2.07. The number of thiazole rings is 1. The molecular weight excluding hydrogens is 200 g/mol. The zero-order chi connectivity index (χ0) is 9.97. The monoisotopic (exact) mass is 214 g/mol. The highest BCUT2D eigenvalue weighted by molar-refractivity contribution is 7.13. The minimum Gasteiger partial charge on any atom is -0.493 e. The highest BCUT2D eigenvalue weighted by Crippen LogP contribution is 2.27. The molecule has 0 aromatic carbocycles. The van der Waals surface area contributed by atoms with E-state index in [0.717, 1.165) is 31.1 Å². The van der Waals surface area contributed by atoms with Crippen LogP contribution in [0.1, 0.15) is 12.8 Å². The summed E-state index contributed by atoms with van der Waals surface area (Å²) >= 11 is 1.45. The number of piperidine rings is 1. The van der Waals surface area contributed by atoms with Crippen molar-refractivity contribution < 1.29 is 10.2 Å². The topological polar surface area (TPSA) is 56.6 Å². The SMILES string of the molecule is OCC1CCCN(c2nc(O)cs2)C1. The van der Waals surface area contributed by atoms with Gasteiger partial charge in [0.05, 0.1) is 5.38 Å². The predicted molar refractivity (Wildman–Crippen MR) is 55.8 cm³/mol. The number of aromatic nitrogens is 1. The van der Waals surface area contributed by atoms with Gasteiger partial charge in [-0.2, -0.15) is 4.98 Å². The van der Waals surface area contributed by atoms with E-state index in [4.69, 9.17) is 10.2 Å². The molecule has 5 heteroatoms. The van der Waals surface area contributed by atoms with Crippen LogP contribution in [0.2, 0.25) is 0 Å². The lowest BCUT2D eigenvalue weighted by atomic mass is 10.00. The van der Waals surface area contributed by atoms with Gasteiger partial charge in [-0.1, -0.05) is 0 Å². The Balaban J connectivity index is 2.04. The molecule has 1 aromatic heterocycles. The second-order valence-corrected chi connectivity index (χ2v) is 4.46. The molecule has 0 bridgehead atoms. The van der Waals surface area contributed by atoms with Crippen molar-refractivity contribution in [3.8, 4) is 5.88 Å². The number of hydrogen-bond donors (Lipinski definition) is 2. The van der Waals surface area contributed by atoms with Gasteiger partial charge in [-0.05, 0) is 18.8 Å². The van der Waals surface area contributed by atoms with Gasteiger partial charge in [0.25, 0.3) is 0 Å². The fraction of sp³-hybridized carbons (Fsp3) is 0.667. The van der Waals surface area contributed by atoms with Gasteiger partial charge >= 0.3 is 0 Å². The normalized spacial score (nSPS) is 22.6. The van der Waals surface area contributed by atoms with Gasteiger partial charge in [-0.15, -0.1) is 11.3 Å². The summed E-state index contributed by atoms with van der Waals surface area (Å²) in [6, 6.07) is 0. The Labute approximate surface area is 86.8 Å². The largest absolute Gasteiger partial charge is 0.493 e. The van der Waals surface area contributed by atoms with Crippen LogP contribution in [0.15, 0.2) is 5.38 Å². The molecule has 1 aliphatic heterocycles. The Kier molecular flexibility index (Phi) is 2.88. The van der Waals surface area contributed by atoms with Crippen LogP contribution in [0.4, 0.5) is 5.13 Å². The van der Waals surface area contributed by atoms with E-state index in [9.17, 15) is 0 Å². The molecule has 1 aromatic rings. The van der Waals surface area contributed by atoms with E-state index in [1.807, 2.05) is 0 Å². The summed E-state index contributed by atoms with van der Waals surface area (Å²) in [5.41, 5.74) is 0. The van der Waals surface area contributed by atoms with Crippen LogP contribution >= 0.6 is 11.3 Å². The summed E-state index contributed by atoms with van der Waals surface area (Å²) in [7, 11) is 0. The van der Waals surface area contributed by atoms with Gasteiger partial charge in [0, 0.05) is 19.7 Å². The molecule has 0 amide bonds. The summed E-state index contributed by atoms with van der Waals surface area (Å²) < 4.78 is 0. The Morgan fingerprint density at radius 2 is 2.50 bits per heavy atom. The molecule has 0 spiro atoms. The molecule has 0 aliphatic carbocycles. The molecule has 1 saturated heterocycles. The maximum Gasteiger partial charge on any atom is 0.223 e. The van der Waals surface area contributed by atoms with Crippen molar-refractivity contribution in [3.63, 3.8) is 0 Å². The third-order valence-electron chi connectivity index (χ3n) is 2.53. The summed E-state index contributed by atoms with van der Waals surface area (Å²) in [6.07, 6.45) is 2.18. The van der Waals surface area contributed by atoms with Crippen LogP contribution in [-0.2, 0) is 0 Å². The lowest BCUT2D eigenvalue weighted by Crippen LogP contribution is -2.36. The molecule has 4 nitrogen and oxygen atoms in total. The number of aromatic hydroxyl groups is 1. The van der Waals surface area contributed by atoms with Gasteiger partial charge < -0.3 is 15.1 Å². The maximum absolute atomic E-state index is 9.13. The lowest BCUT2D eigenvalue weighted by Gasteiger charge is -2.31. The van der Waals surface area contributed by atoms with E-state index in [2.05, 4.69) is 9.88 Å². The Bertz CT molecular complexity index is 303. The first kappa shape index (κ1) is 9.73. The summed E-state index contributed by atoms with van der Waals surface area (Å²) in [5.74, 6) is 0.450. The standard InChI is InChI=1S/C9H14N2O2S/c12-5-7-2-1-3-11(4-7)9-10-8(13)6-14-9/h6-7,12-13H,1-5H2. The third-order valence-corrected chi connectivity index (χ3v) is 3.42. The molecule has 2 heterocycles. The number of anilines is 1. The van der Waals surface area contributed by atoms with Crippen molar-refractivity contribution in [1.29, 1.82) is 0 Å². The summed E-state index contributed by atoms with van der Waals surface area (Å²) in [5, 5.41) is 20.7. The molecular formula is C9H14N2O2S. The highest BCUT2D eigenvalue weighted by Gasteiger charge is 2.21. The average molecular weight is 214 g/mol. The van der Waals surface area contributed by atoms with Gasteiger partial charge in [0.1, 0.15) is 0 Å². The first-order chi connectivity index (χ1) is 6.79. The van der Waals surface area contributed by atoms with Gasteiger partial charge in [-0.3, -0.25) is 0 Å². The van der Waals surface area contributed by atoms with Gasteiger partial charge in [0.2, 0.25) is 5.88 Å². The number of aliphatic hydroxyl groups is 1. The molecule has 14 heavy (non-hydrogen) atoms. The van der Waals surface area contributed by atoms with Crippen LogP contribution in [0, 0.1) is 5.92 Å². The lowest BCUT2D eigenvalue weighted by molar-refractivity contribution is 0.208. The van der Waals surface area contributed by atoms with E-state index in [1.54, 1.807) is 5.38 Å². The molecule has 2 N–H and O–H groups in total. The van der Waals surface area contributed by atoms with E-state index in [-0.39, 0.29) is 12.5 Å². The molecule has 0 radical (unpaired) electrons. The first-order valence-corrected chi connectivity index (χ1v) is 5.68. The van der Waals surface area contributed by atoms with Gasteiger partial charge in [-0.25, -0.2) is 0 Å². The molecule has 78 valence electrons. The second kappa shape index (κ2) is 4.14. The van der Waals surface area contributed by atoms with Crippen LogP contribution in [-0.4, -0.2) is 34.9 Å². The van der Waals surface area contributed by atoms with Crippen molar-refractivity contribution in [2.45, 2.75) is 12.8 Å². The van der Waals surface area contributed by atoms with Crippen molar-refractivity contribution in [1.82, 2.24) is 4.98 Å². The van der Waals surface area contributed by atoms with E-state index >= 15 is 0 Å². The summed E-state index contributed by atoms with van der Waals surface area (Å²) in [4.78, 5) is 6.16. The maximum atomic E-state index is 9.13. The van der Waals surface area contributed by atoms with Crippen LogP contribution in [0.25, 0.3) is 0 Å². The Morgan fingerprint density at radius 3 is 3.14 bits per heavy atom. The second-order valence-electron chi connectivity index (χ2n) is 3.63. The van der Waals surface area contributed by atoms with Gasteiger partial charge in [0.15, 0.2) is 5.13 Å². The van der Waals surface area contributed by atoms with Crippen molar-refractivity contribution in [2.75, 3.05) is 24.6 Å². The van der Waals surface area contributed by atoms with Crippen molar-refractivity contribution in [2.24, 2.45) is 5.92 Å². The van der Waals surface area contributed by atoms with Crippen molar-refractivity contribution in [3.05, 3.63) is 5.38 Å². The minimum absolute atomic E-state index is 0.0936. The van der Waals surface area contributed by atoms with E-state index in [1.165, 1.54) is 11.3 Å². The third kappa shape index (κ3) is 1.99. The minimum atomic E-state index is 0.0936. The molecule has 1 atom stereocenters. The average Bonchev–Trinajstić information content (AvgIpc) is 2.65. The predicted octanol–water partition coefficient (Wildman–Crippen LogP) is 1.06. The molecule has 0 saturated carbocycles. The Morgan fingerprint density at radius 1 is 1.64 bits per heavy atom. The number of rotatable bonds is 2. The number of nitrogens with zero attached hydrogens (tertiary/aromatic N) is 2. The molecule has 1 fully saturated rings. The zero-order valence-corrected chi connectivity index (χ0v) is 8.70. The smallest absolute Gasteiger partial charge is 0.223 e. The van der Waals surface area contributed by atoms with Crippen LogP contribution in [0.3, 0.4) is 0 Å². The molecule has 2 rings (SSSR count). The zero-order valence-electron chi connectivity index (χ0n) is 7.89. The van der Waals surface area contributed by atoms with Crippen LogP contribution in [0.5, 0.6) is 5.88 Å². The number of aliphatic hydroxyl groups excluding tert-OH is 1. The highest BCUT2D eigenvalue weighted by atomic mass is 32.1. The van der Waals surface area contributed by atoms with Crippen molar-refractivity contribution >= 4 is 16.5 Å². The first-order valence-electron chi connectivity index (χ1n) is 4.80. The van der Waals surface area contributed by atoms with E-state index in [0.29, 0.717) is 5.92 Å². The Hall–Kier alpha value is -0.810. The number of hydrogen-bond acceptors (Lipinski definition) is 5. The molecule has 1 unspecified atom stereocenters. The quantitative estimate of drug-likeness (QED) is 0.773. The fourth-order valence-electron chi connectivity index (χ4n) is 1.79. The van der Waals surface area contributed by atoms with Crippen LogP contribution < -0.4 is 4.90 Å². The fourth-order valence-corrected chi connectivity index (χ4v) is 2.51. The molecule has 1 aliphatic rings. The van der Waals surface area contributed by atoms with E-state index < -0.39 is 0 Å².